The van der Waals surface area contributed by atoms with Gasteiger partial charge in [0.05, 0.1) is 11.2 Å². The molecule has 0 N–H and O–H groups in total. The molecule has 2 fully saturated rings. The number of hydrogen-bond donors (Lipinski definition) is 0. The molecular weight excluding hydrogens is 388 g/mol. The minimum Gasteiger partial charge on any atom is -0.546 e. The molecule has 3 nitrogen and oxygen atoms in total. The van der Waals surface area contributed by atoms with E-state index in [1.807, 2.05) is 18.2 Å². The van der Waals surface area contributed by atoms with E-state index in [9.17, 15) is 4.79 Å². The SMILES string of the molecule is C=C1CC(O[Si](C)(C)C(C)(C)C)=C2CCCC[C@H]2[C@@]12C[C@@H](c1ccccc1)OC2=O. The average molecular weight is 425 g/mol. The molecule has 0 bridgehead atoms. The Morgan fingerprint density at radius 3 is 2.53 bits per heavy atom. The molecule has 4 rings (SSSR count). The van der Waals surface area contributed by atoms with Crippen molar-refractivity contribution in [2.24, 2.45) is 11.3 Å². The van der Waals surface area contributed by atoms with Crippen molar-refractivity contribution in [2.75, 3.05) is 0 Å². The predicted molar refractivity (Wildman–Crippen MR) is 123 cm³/mol. The number of fused-ring (bicyclic) bond motifs is 2. The molecule has 1 saturated carbocycles. The number of carbonyl (C=O) groups excluding carboxylic acids is 1. The fourth-order valence-electron chi connectivity index (χ4n) is 5.24. The lowest BCUT2D eigenvalue weighted by molar-refractivity contribution is -0.149. The third kappa shape index (κ3) is 3.37. The van der Waals surface area contributed by atoms with Crippen LogP contribution in [0.4, 0.5) is 0 Å². The number of hydrogen-bond acceptors (Lipinski definition) is 3. The molecule has 30 heavy (non-hydrogen) atoms. The van der Waals surface area contributed by atoms with Crippen LogP contribution in [0.5, 0.6) is 0 Å². The first-order valence-corrected chi connectivity index (χ1v) is 14.3. The molecule has 4 heteroatoms. The maximum Gasteiger partial charge on any atom is 0.317 e. The molecule has 0 radical (unpaired) electrons. The molecule has 1 aromatic carbocycles. The topological polar surface area (TPSA) is 35.5 Å². The van der Waals surface area contributed by atoms with Crippen LogP contribution in [0.2, 0.25) is 18.1 Å². The molecule has 0 unspecified atom stereocenters. The monoisotopic (exact) mass is 424 g/mol. The van der Waals surface area contributed by atoms with E-state index < -0.39 is 13.7 Å². The Balaban J connectivity index is 1.71. The highest BCUT2D eigenvalue weighted by Gasteiger charge is 2.59. The zero-order chi connectivity index (χ0) is 21.7. The second kappa shape index (κ2) is 7.40. The van der Waals surface area contributed by atoms with Crippen LogP contribution < -0.4 is 0 Å². The smallest absolute Gasteiger partial charge is 0.317 e. The second-order valence-corrected chi connectivity index (χ2v) is 15.6. The summed E-state index contributed by atoms with van der Waals surface area (Å²) in [7, 11) is -1.95. The van der Waals surface area contributed by atoms with E-state index in [4.69, 9.17) is 9.16 Å². The first kappa shape index (κ1) is 21.4. The van der Waals surface area contributed by atoms with Crippen molar-refractivity contribution in [3.63, 3.8) is 0 Å². The number of esters is 1. The van der Waals surface area contributed by atoms with E-state index in [0.29, 0.717) is 12.8 Å². The molecular formula is C26H36O3Si. The Kier molecular flexibility index (Phi) is 5.29. The Bertz CT molecular complexity index is 877. The molecule has 1 aliphatic heterocycles. The van der Waals surface area contributed by atoms with E-state index in [-0.39, 0.29) is 23.0 Å². The zero-order valence-corrected chi connectivity index (χ0v) is 20.2. The first-order chi connectivity index (χ1) is 14.1. The van der Waals surface area contributed by atoms with Gasteiger partial charge in [-0.15, -0.1) is 0 Å². The molecule has 162 valence electrons. The summed E-state index contributed by atoms with van der Waals surface area (Å²) in [6.07, 6.45) is 5.59. The fourth-order valence-corrected chi connectivity index (χ4v) is 6.37. The van der Waals surface area contributed by atoms with Crippen LogP contribution in [0.3, 0.4) is 0 Å². The largest absolute Gasteiger partial charge is 0.546 e. The summed E-state index contributed by atoms with van der Waals surface area (Å²) in [4.78, 5) is 13.4. The summed E-state index contributed by atoms with van der Waals surface area (Å²) in [5, 5.41) is 0.145. The summed E-state index contributed by atoms with van der Waals surface area (Å²) in [6, 6.07) is 10.2. The Morgan fingerprint density at radius 2 is 1.87 bits per heavy atom. The van der Waals surface area contributed by atoms with Gasteiger partial charge < -0.3 is 9.16 Å². The van der Waals surface area contributed by atoms with E-state index in [2.05, 4.69) is 52.6 Å². The van der Waals surface area contributed by atoms with Gasteiger partial charge in [0.1, 0.15) is 6.10 Å². The van der Waals surface area contributed by atoms with Crippen LogP contribution >= 0.6 is 0 Å². The lowest BCUT2D eigenvalue weighted by atomic mass is 9.57. The van der Waals surface area contributed by atoms with Gasteiger partial charge in [0.15, 0.2) is 0 Å². The third-order valence-corrected chi connectivity index (χ3v) is 12.4. The minimum absolute atomic E-state index is 0.0721. The molecule has 1 saturated heterocycles. The van der Waals surface area contributed by atoms with Gasteiger partial charge >= 0.3 is 5.97 Å². The quantitative estimate of drug-likeness (QED) is 0.295. The molecule has 0 amide bonds. The highest BCUT2D eigenvalue weighted by atomic mass is 28.4. The number of carbonyl (C=O) groups is 1. The Labute approximate surface area is 182 Å². The number of benzene rings is 1. The lowest BCUT2D eigenvalue weighted by Gasteiger charge is -2.47. The van der Waals surface area contributed by atoms with Crippen molar-refractivity contribution in [3.05, 3.63) is 59.4 Å². The van der Waals surface area contributed by atoms with Gasteiger partial charge in [0.25, 0.3) is 0 Å². The average Bonchev–Trinajstić information content (AvgIpc) is 3.04. The normalized spacial score (nSPS) is 29.8. The van der Waals surface area contributed by atoms with E-state index >= 15 is 0 Å². The van der Waals surface area contributed by atoms with E-state index in [1.165, 1.54) is 12.0 Å². The van der Waals surface area contributed by atoms with Crippen LogP contribution in [0.25, 0.3) is 0 Å². The van der Waals surface area contributed by atoms with Crippen LogP contribution in [0.1, 0.15) is 71.0 Å². The molecule has 1 spiro atoms. The van der Waals surface area contributed by atoms with Gasteiger partial charge in [-0.1, -0.05) is 69.7 Å². The van der Waals surface area contributed by atoms with Crippen LogP contribution in [0, 0.1) is 11.3 Å². The highest BCUT2D eigenvalue weighted by molar-refractivity contribution is 6.74. The summed E-state index contributed by atoms with van der Waals surface area (Å²) in [5.74, 6) is 1.23. The molecule has 0 aromatic heterocycles. The molecule has 3 atom stereocenters. The van der Waals surface area contributed by atoms with Gasteiger partial charge in [0.2, 0.25) is 8.32 Å². The number of rotatable bonds is 3. The van der Waals surface area contributed by atoms with Gasteiger partial charge in [-0.3, -0.25) is 4.79 Å². The molecule has 2 aliphatic carbocycles. The summed E-state index contributed by atoms with van der Waals surface area (Å²) in [6.45, 7) is 15.9. The van der Waals surface area contributed by atoms with Crippen molar-refractivity contribution in [3.8, 4) is 0 Å². The first-order valence-electron chi connectivity index (χ1n) is 11.4. The van der Waals surface area contributed by atoms with Gasteiger partial charge in [0, 0.05) is 18.8 Å². The van der Waals surface area contributed by atoms with Gasteiger partial charge in [-0.05, 0) is 48.5 Å². The van der Waals surface area contributed by atoms with Crippen molar-refractivity contribution in [1.82, 2.24) is 0 Å². The van der Waals surface area contributed by atoms with Crippen molar-refractivity contribution in [2.45, 2.75) is 83.5 Å². The number of ether oxygens (including phenoxy) is 1. The van der Waals surface area contributed by atoms with Crippen LogP contribution in [-0.2, 0) is 14.0 Å². The van der Waals surface area contributed by atoms with E-state index in [1.54, 1.807) is 0 Å². The maximum atomic E-state index is 13.4. The van der Waals surface area contributed by atoms with Crippen molar-refractivity contribution >= 4 is 14.3 Å². The maximum absolute atomic E-state index is 13.4. The van der Waals surface area contributed by atoms with Gasteiger partial charge in [-0.2, -0.15) is 0 Å². The minimum atomic E-state index is -1.95. The third-order valence-electron chi connectivity index (χ3n) is 8.04. The standard InChI is InChI=1S/C26H36O3Si/c1-18-16-22(29-30(5,6)25(2,3)4)20-14-10-11-15-21(20)26(18)17-23(28-24(26)27)19-12-8-7-9-13-19/h7-9,12-13,21,23H,1,10-11,14-17H2,2-6H3/t21-,23+,26-/m1/s1. The predicted octanol–water partition coefficient (Wildman–Crippen LogP) is 7.09. The molecule has 1 heterocycles. The second-order valence-electron chi connectivity index (χ2n) is 10.9. The Hall–Kier alpha value is -1.81. The summed E-state index contributed by atoms with van der Waals surface area (Å²) >= 11 is 0. The van der Waals surface area contributed by atoms with Crippen LogP contribution in [-0.4, -0.2) is 14.3 Å². The fraction of sp³-hybridized carbons (Fsp3) is 0.577. The van der Waals surface area contributed by atoms with Crippen LogP contribution in [0.15, 0.2) is 53.8 Å². The molecule has 1 aromatic rings. The number of cyclic esters (lactones) is 1. The van der Waals surface area contributed by atoms with Gasteiger partial charge in [-0.25, -0.2) is 0 Å². The lowest BCUT2D eigenvalue weighted by Crippen LogP contribution is -2.45. The summed E-state index contributed by atoms with van der Waals surface area (Å²) in [5.41, 5.74) is 2.87. The van der Waals surface area contributed by atoms with Crippen molar-refractivity contribution < 1.29 is 14.0 Å². The molecule has 3 aliphatic rings. The number of allylic oxidation sites excluding steroid dienone is 2. The van der Waals surface area contributed by atoms with E-state index in [0.717, 1.165) is 36.2 Å². The Morgan fingerprint density at radius 1 is 1.17 bits per heavy atom. The highest BCUT2D eigenvalue weighted by Crippen LogP contribution is 2.61. The van der Waals surface area contributed by atoms with Crippen molar-refractivity contribution in [1.29, 1.82) is 0 Å². The summed E-state index contributed by atoms with van der Waals surface area (Å²) < 4.78 is 12.8. The zero-order valence-electron chi connectivity index (χ0n) is 19.2.